The number of carbonyl (C=O) groups excluding carboxylic acids is 1. The third-order valence-corrected chi connectivity index (χ3v) is 3.41. The van der Waals surface area contributed by atoms with E-state index in [0.29, 0.717) is 5.56 Å². The quantitative estimate of drug-likeness (QED) is 0.855. The second-order valence-electron chi connectivity index (χ2n) is 4.46. The fraction of sp³-hybridized carbons (Fsp3) is 0.188. The first-order valence-electron chi connectivity index (χ1n) is 6.35. The molecule has 0 atom stereocenters. The standard InChI is InChI=1S/C16H15ClFNO/c1-19-9-8-11-4-2-3-5-13(11)16(20)14-10-12(18)6-7-15(14)17/h2-7,10,19H,8-9H2,1H3. The van der Waals surface area contributed by atoms with Crippen molar-refractivity contribution < 1.29 is 9.18 Å². The number of ketones is 1. The number of likely N-dealkylation sites (N-methyl/N-ethyl adjacent to an activating group) is 1. The predicted molar refractivity (Wildman–Crippen MR) is 78.9 cm³/mol. The number of rotatable bonds is 5. The zero-order valence-corrected chi connectivity index (χ0v) is 11.9. The van der Waals surface area contributed by atoms with Gasteiger partial charge in [0.05, 0.1) is 5.02 Å². The summed E-state index contributed by atoms with van der Waals surface area (Å²) in [6, 6.07) is 11.1. The minimum Gasteiger partial charge on any atom is -0.319 e. The predicted octanol–water partition coefficient (Wildman–Crippen LogP) is 3.47. The van der Waals surface area contributed by atoms with Crippen molar-refractivity contribution >= 4 is 17.4 Å². The lowest BCUT2D eigenvalue weighted by atomic mass is 9.96. The van der Waals surface area contributed by atoms with E-state index < -0.39 is 5.82 Å². The maximum Gasteiger partial charge on any atom is 0.194 e. The molecule has 0 saturated heterocycles. The Kier molecular flexibility index (Phi) is 4.88. The van der Waals surface area contributed by atoms with Gasteiger partial charge in [-0.25, -0.2) is 4.39 Å². The molecule has 0 unspecified atom stereocenters. The molecule has 4 heteroatoms. The highest BCUT2D eigenvalue weighted by atomic mass is 35.5. The van der Waals surface area contributed by atoms with Gasteiger partial charge in [0.2, 0.25) is 0 Å². The van der Waals surface area contributed by atoms with E-state index in [0.717, 1.165) is 18.5 Å². The minimum absolute atomic E-state index is 0.198. The Morgan fingerprint density at radius 2 is 1.95 bits per heavy atom. The van der Waals surface area contributed by atoms with Crippen LogP contribution in [0.2, 0.25) is 5.02 Å². The summed E-state index contributed by atoms with van der Waals surface area (Å²) in [5, 5.41) is 3.31. The molecule has 0 aliphatic heterocycles. The van der Waals surface area contributed by atoms with Crippen LogP contribution < -0.4 is 5.32 Å². The van der Waals surface area contributed by atoms with Gasteiger partial charge in [0, 0.05) is 11.1 Å². The molecule has 2 rings (SSSR count). The molecule has 0 bridgehead atoms. The molecule has 0 heterocycles. The Morgan fingerprint density at radius 1 is 1.20 bits per heavy atom. The number of carbonyl (C=O) groups is 1. The molecular formula is C16H15ClFNO. The fourth-order valence-electron chi connectivity index (χ4n) is 2.04. The van der Waals surface area contributed by atoms with E-state index in [1.54, 1.807) is 12.1 Å². The molecule has 2 aromatic rings. The summed E-state index contributed by atoms with van der Waals surface area (Å²) >= 11 is 6.00. The van der Waals surface area contributed by atoms with E-state index in [2.05, 4.69) is 5.32 Å². The van der Waals surface area contributed by atoms with Gasteiger partial charge in [-0.05, 0) is 43.8 Å². The molecule has 0 amide bonds. The van der Waals surface area contributed by atoms with Crippen LogP contribution in [0, 0.1) is 5.82 Å². The van der Waals surface area contributed by atoms with Crippen molar-refractivity contribution in [3.05, 3.63) is 70.0 Å². The van der Waals surface area contributed by atoms with Gasteiger partial charge in [-0.1, -0.05) is 35.9 Å². The molecule has 1 N–H and O–H groups in total. The molecule has 0 radical (unpaired) electrons. The van der Waals surface area contributed by atoms with Gasteiger partial charge < -0.3 is 5.32 Å². The minimum atomic E-state index is -0.467. The summed E-state index contributed by atoms with van der Waals surface area (Å²) in [5.74, 6) is -0.716. The maximum atomic E-state index is 13.3. The van der Waals surface area contributed by atoms with Crippen LogP contribution in [0.25, 0.3) is 0 Å². The lowest BCUT2D eigenvalue weighted by Gasteiger charge is -2.09. The third kappa shape index (κ3) is 3.24. The van der Waals surface area contributed by atoms with Crippen LogP contribution in [0.4, 0.5) is 4.39 Å². The Bertz CT molecular complexity index is 628. The van der Waals surface area contributed by atoms with Crippen molar-refractivity contribution in [3.8, 4) is 0 Å². The SMILES string of the molecule is CNCCc1ccccc1C(=O)c1cc(F)ccc1Cl. The summed E-state index contributed by atoms with van der Waals surface area (Å²) in [7, 11) is 1.86. The Balaban J connectivity index is 2.40. The van der Waals surface area contributed by atoms with Crippen LogP contribution >= 0.6 is 11.6 Å². The first-order valence-corrected chi connectivity index (χ1v) is 6.73. The Morgan fingerprint density at radius 3 is 2.70 bits per heavy atom. The molecule has 0 fully saturated rings. The van der Waals surface area contributed by atoms with Gasteiger partial charge in [-0.2, -0.15) is 0 Å². The maximum absolute atomic E-state index is 13.3. The Labute approximate surface area is 122 Å². The van der Waals surface area contributed by atoms with Crippen molar-refractivity contribution in [2.45, 2.75) is 6.42 Å². The summed E-state index contributed by atoms with van der Waals surface area (Å²) in [4.78, 5) is 12.5. The van der Waals surface area contributed by atoms with Crippen LogP contribution in [0.15, 0.2) is 42.5 Å². The number of hydrogen-bond acceptors (Lipinski definition) is 2. The van der Waals surface area contributed by atoms with Crippen molar-refractivity contribution in [2.75, 3.05) is 13.6 Å². The summed E-state index contributed by atoms with van der Waals surface area (Å²) in [6.45, 7) is 0.765. The largest absolute Gasteiger partial charge is 0.319 e. The molecule has 2 nitrogen and oxygen atoms in total. The van der Waals surface area contributed by atoms with Crippen molar-refractivity contribution in [1.82, 2.24) is 5.32 Å². The Hall–Kier alpha value is -1.71. The molecule has 0 aliphatic rings. The summed E-state index contributed by atoms with van der Waals surface area (Å²) in [5.41, 5.74) is 1.69. The van der Waals surface area contributed by atoms with Gasteiger partial charge in [-0.3, -0.25) is 4.79 Å². The molecule has 0 aromatic heterocycles. The van der Waals surface area contributed by atoms with E-state index in [4.69, 9.17) is 11.6 Å². The molecule has 0 spiro atoms. The first kappa shape index (κ1) is 14.7. The van der Waals surface area contributed by atoms with Gasteiger partial charge in [0.15, 0.2) is 5.78 Å². The second kappa shape index (κ2) is 6.64. The van der Waals surface area contributed by atoms with Gasteiger partial charge in [-0.15, -0.1) is 0 Å². The second-order valence-corrected chi connectivity index (χ2v) is 4.87. The lowest BCUT2D eigenvalue weighted by molar-refractivity contribution is 0.103. The zero-order valence-electron chi connectivity index (χ0n) is 11.1. The summed E-state index contributed by atoms with van der Waals surface area (Å²) < 4.78 is 13.3. The number of halogens is 2. The van der Waals surface area contributed by atoms with Crippen LogP contribution in [0.1, 0.15) is 21.5 Å². The average molecular weight is 292 g/mol. The fourth-order valence-corrected chi connectivity index (χ4v) is 2.24. The summed E-state index contributed by atoms with van der Waals surface area (Å²) in [6.07, 6.45) is 0.728. The lowest BCUT2D eigenvalue weighted by Crippen LogP contribution is -2.13. The normalized spacial score (nSPS) is 10.6. The molecule has 2 aromatic carbocycles. The highest BCUT2D eigenvalue weighted by molar-refractivity contribution is 6.35. The van der Waals surface area contributed by atoms with Gasteiger partial charge in [0.25, 0.3) is 0 Å². The molecule has 0 aliphatic carbocycles. The van der Waals surface area contributed by atoms with E-state index in [1.165, 1.54) is 18.2 Å². The van der Waals surface area contributed by atoms with Crippen LogP contribution in [0.3, 0.4) is 0 Å². The van der Waals surface area contributed by atoms with Gasteiger partial charge >= 0.3 is 0 Å². The number of benzene rings is 2. The molecule has 0 saturated carbocycles. The monoisotopic (exact) mass is 291 g/mol. The highest BCUT2D eigenvalue weighted by Crippen LogP contribution is 2.22. The molecule has 104 valence electrons. The number of nitrogens with one attached hydrogen (secondary N) is 1. The van der Waals surface area contributed by atoms with Crippen molar-refractivity contribution in [1.29, 1.82) is 0 Å². The topological polar surface area (TPSA) is 29.1 Å². The first-order chi connectivity index (χ1) is 9.63. The van der Waals surface area contributed by atoms with Gasteiger partial charge in [0.1, 0.15) is 5.82 Å². The number of hydrogen-bond donors (Lipinski definition) is 1. The van der Waals surface area contributed by atoms with Crippen LogP contribution in [-0.2, 0) is 6.42 Å². The third-order valence-electron chi connectivity index (χ3n) is 3.08. The van der Waals surface area contributed by atoms with E-state index in [1.807, 2.05) is 19.2 Å². The van der Waals surface area contributed by atoms with E-state index in [-0.39, 0.29) is 16.4 Å². The van der Waals surface area contributed by atoms with E-state index in [9.17, 15) is 9.18 Å². The average Bonchev–Trinajstić information content (AvgIpc) is 2.47. The molecular weight excluding hydrogens is 277 g/mol. The molecule has 20 heavy (non-hydrogen) atoms. The van der Waals surface area contributed by atoms with E-state index >= 15 is 0 Å². The van der Waals surface area contributed by atoms with Crippen molar-refractivity contribution in [3.63, 3.8) is 0 Å². The highest BCUT2D eigenvalue weighted by Gasteiger charge is 2.16. The van der Waals surface area contributed by atoms with Crippen LogP contribution in [-0.4, -0.2) is 19.4 Å². The van der Waals surface area contributed by atoms with Crippen LogP contribution in [0.5, 0.6) is 0 Å². The zero-order chi connectivity index (χ0) is 14.5. The smallest absolute Gasteiger partial charge is 0.194 e. The van der Waals surface area contributed by atoms with Crippen molar-refractivity contribution in [2.24, 2.45) is 0 Å².